The van der Waals surface area contributed by atoms with Crippen molar-refractivity contribution in [1.82, 2.24) is 4.90 Å². The first-order chi connectivity index (χ1) is 10.9. The topological polar surface area (TPSA) is 126 Å². The Morgan fingerprint density at radius 3 is 2.35 bits per heavy atom. The van der Waals surface area contributed by atoms with Crippen molar-refractivity contribution in [3.8, 4) is 0 Å². The van der Waals surface area contributed by atoms with Crippen LogP contribution in [0.2, 0.25) is 5.02 Å². The second-order valence-electron chi connectivity index (χ2n) is 5.14. The Balaban J connectivity index is 2.11. The fraction of sp³-hybridized carbons (Fsp3) is 0.357. The molecule has 1 aliphatic heterocycles. The normalized spacial score (nSPS) is 15.5. The largest absolute Gasteiger partial charge is 0.370 e. The zero-order chi connectivity index (χ0) is 17.0. The Morgan fingerprint density at radius 2 is 1.83 bits per heavy atom. The smallest absolute Gasteiger partial charge is 0.223 e. The Hall–Kier alpha value is -2.48. The van der Waals surface area contributed by atoms with Gasteiger partial charge in [-0.05, 0) is 18.2 Å². The molecule has 0 aromatic heterocycles. The number of carbonyl (C=O) groups excluding carboxylic acids is 1. The highest BCUT2D eigenvalue weighted by Gasteiger charge is 2.20. The van der Waals surface area contributed by atoms with Crippen LogP contribution < -0.4 is 22.1 Å². The van der Waals surface area contributed by atoms with Crippen molar-refractivity contribution in [3.63, 3.8) is 0 Å². The molecule has 1 heterocycles. The predicted molar refractivity (Wildman–Crippen MR) is 93.0 cm³/mol. The van der Waals surface area contributed by atoms with Crippen LogP contribution in [0.4, 0.5) is 11.4 Å². The molecule has 1 aromatic rings. The Bertz CT molecular complexity index is 647. The van der Waals surface area contributed by atoms with E-state index in [9.17, 15) is 4.79 Å². The van der Waals surface area contributed by atoms with E-state index in [2.05, 4.69) is 14.9 Å². The molecule has 1 amide bonds. The molecule has 124 valence electrons. The summed E-state index contributed by atoms with van der Waals surface area (Å²) in [7, 11) is 0. The van der Waals surface area contributed by atoms with Crippen molar-refractivity contribution in [2.75, 3.05) is 31.1 Å². The van der Waals surface area contributed by atoms with Gasteiger partial charge in [-0.2, -0.15) is 4.99 Å². The summed E-state index contributed by atoms with van der Waals surface area (Å²) >= 11 is 6.33. The third kappa shape index (κ3) is 4.49. The van der Waals surface area contributed by atoms with Gasteiger partial charge in [-0.3, -0.25) is 4.79 Å². The van der Waals surface area contributed by atoms with Crippen molar-refractivity contribution < 1.29 is 4.79 Å². The number of amides is 1. The van der Waals surface area contributed by atoms with E-state index in [4.69, 9.17) is 28.8 Å². The van der Waals surface area contributed by atoms with E-state index in [-0.39, 0.29) is 17.8 Å². The maximum absolute atomic E-state index is 11.4. The third-order valence-electron chi connectivity index (χ3n) is 3.48. The van der Waals surface area contributed by atoms with Gasteiger partial charge >= 0.3 is 0 Å². The van der Waals surface area contributed by atoms with Crippen LogP contribution in [0, 0.1) is 0 Å². The van der Waals surface area contributed by atoms with Crippen LogP contribution in [0.25, 0.3) is 0 Å². The van der Waals surface area contributed by atoms with Gasteiger partial charge in [0.05, 0.1) is 16.4 Å². The molecular formula is C14H20ClN7O. The summed E-state index contributed by atoms with van der Waals surface area (Å²) in [6.07, 6.45) is 0. The fourth-order valence-corrected chi connectivity index (χ4v) is 2.67. The molecule has 9 heteroatoms. The van der Waals surface area contributed by atoms with Crippen LogP contribution in [0.3, 0.4) is 0 Å². The summed E-state index contributed by atoms with van der Waals surface area (Å²) in [6, 6.07) is 5.35. The number of aliphatic imine (C=N–C) groups is 2. The summed E-state index contributed by atoms with van der Waals surface area (Å²) in [5.41, 5.74) is 17.5. The number of anilines is 1. The quantitative estimate of drug-likeness (QED) is 0.526. The number of rotatable bonds is 2. The average molecular weight is 338 g/mol. The number of halogens is 1. The molecule has 2 rings (SSSR count). The van der Waals surface area contributed by atoms with Gasteiger partial charge in [-0.15, -0.1) is 0 Å². The summed E-state index contributed by atoms with van der Waals surface area (Å²) < 4.78 is 0. The third-order valence-corrected chi connectivity index (χ3v) is 3.79. The van der Waals surface area contributed by atoms with Gasteiger partial charge in [0.25, 0.3) is 0 Å². The van der Waals surface area contributed by atoms with Gasteiger partial charge in [0, 0.05) is 33.1 Å². The molecule has 1 aromatic carbocycles. The molecule has 0 aliphatic carbocycles. The van der Waals surface area contributed by atoms with Crippen molar-refractivity contribution in [3.05, 3.63) is 23.2 Å². The van der Waals surface area contributed by atoms with Crippen LogP contribution in [-0.4, -0.2) is 48.9 Å². The number of guanidine groups is 2. The number of benzene rings is 1. The molecule has 23 heavy (non-hydrogen) atoms. The molecule has 0 unspecified atom stereocenters. The molecule has 0 radical (unpaired) electrons. The second-order valence-corrected chi connectivity index (χ2v) is 5.54. The van der Waals surface area contributed by atoms with E-state index in [0.717, 1.165) is 18.8 Å². The summed E-state index contributed by atoms with van der Waals surface area (Å²) in [5.74, 6) is -0.100. The minimum atomic E-state index is -0.155. The lowest BCUT2D eigenvalue weighted by Gasteiger charge is -2.36. The van der Waals surface area contributed by atoms with Gasteiger partial charge < -0.3 is 27.0 Å². The molecule has 8 nitrogen and oxygen atoms in total. The van der Waals surface area contributed by atoms with Crippen molar-refractivity contribution >= 4 is 40.8 Å². The number of piperazine rings is 1. The molecule has 1 saturated heterocycles. The van der Waals surface area contributed by atoms with E-state index in [1.807, 2.05) is 11.0 Å². The molecule has 0 atom stereocenters. The summed E-state index contributed by atoms with van der Waals surface area (Å²) in [4.78, 5) is 23.0. The predicted octanol–water partition coefficient (Wildman–Crippen LogP) is 0.228. The first kappa shape index (κ1) is 16.9. The highest BCUT2D eigenvalue weighted by molar-refractivity contribution is 6.33. The number of hydrogen-bond donors (Lipinski definition) is 3. The van der Waals surface area contributed by atoms with Crippen molar-refractivity contribution in [2.45, 2.75) is 6.92 Å². The standard InChI is InChI=1S/C14H20ClN7O/c1-9(23)21-4-6-22(7-5-21)12-3-2-10(8-11(12)15)19-14(18)20-13(16)17/h2-3,8H,4-7H2,1H3,(H6,16,17,18,19,20). The maximum Gasteiger partial charge on any atom is 0.223 e. The first-order valence-electron chi connectivity index (χ1n) is 7.10. The fourth-order valence-electron chi connectivity index (χ4n) is 2.37. The zero-order valence-corrected chi connectivity index (χ0v) is 13.6. The van der Waals surface area contributed by atoms with Crippen LogP contribution in [0.5, 0.6) is 0 Å². The van der Waals surface area contributed by atoms with E-state index < -0.39 is 0 Å². The lowest BCUT2D eigenvalue weighted by atomic mass is 10.2. The average Bonchev–Trinajstić information content (AvgIpc) is 2.46. The van der Waals surface area contributed by atoms with Gasteiger partial charge in [0.1, 0.15) is 0 Å². The molecule has 0 spiro atoms. The summed E-state index contributed by atoms with van der Waals surface area (Å²) in [5, 5.41) is 0.556. The summed E-state index contributed by atoms with van der Waals surface area (Å²) in [6.45, 7) is 4.42. The van der Waals surface area contributed by atoms with E-state index in [1.54, 1.807) is 19.1 Å². The molecule has 0 saturated carbocycles. The van der Waals surface area contributed by atoms with Gasteiger partial charge in [0.2, 0.25) is 11.9 Å². The minimum Gasteiger partial charge on any atom is -0.370 e. The monoisotopic (exact) mass is 337 g/mol. The first-order valence-corrected chi connectivity index (χ1v) is 7.48. The highest BCUT2D eigenvalue weighted by Crippen LogP contribution is 2.30. The molecular weight excluding hydrogens is 318 g/mol. The van der Waals surface area contributed by atoms with Gasteiger partial charge in [0.15, 0.2) is 5.96 Å². The number of carbonyl (C=O) groups is 1. The van der Waals surface area contributed by atoms with Crippen molar-refractivity contribution in [1.29, 1.82) is 0 Å². The van der Waals surface area contributed by atoms with Crippen LogP contribution in [0.15, 0.2) is 28.2 Å². The number of nitrogens with zero attached hydrogens (tertiary/aromatic N) is 4. The highest BCUT2D eigenvalue weighted by atomic mass is 35.5. The van der Waals surface area contributed by atoms with E-state index in [1.165, 1.54) is 0 Å². The second kappa shape index (κ2) is 7.19. The minimum absolute atomic E-state index is 0.0381. The van der Waals surface area contributed by atoms with Gasteiger partial charge in [-0.25, -0.2) is 4.99 Å². The molecule has 6 N–H and O–H groups in total. The van der Waals surface area contributed by atoms with Crippen LogP contribution >= 0.6 is 11.6 Å². The van der Waals surface area contributed by atoms with Crippen LogP contribution in [0.1, 0.15) is 6.92 Å². The molecule has 1 aliphatic rings. The SMILES string of the molecule is CC(=O)N1CCN(c2ccc(N=C(N)N=C(N)N)cc2Cl)CC1. The van der Waals surface area contributed by atoms with Crippen molar-refractivity contribution in [2.24, 2.45) is 27.2 Å². The molecule has 1 fully saturated rings. The van der Waals surface area contributed by atoms with E-state index >= 15 is 0 Å². The Morgan fingerprint density at radius 1 is 1.17 bits per heavy atom. The molecule has 0 bridgehead atoms. The zero-order valence-electron chi connectivity index (χ0n) is 12.9. The van der Waals surface area contributed by atoms with E-state index in [0.29, 0.717) is 23.8 Å². The number of hydrogen-bond acceptors (Lipinski definition) is 3. The lowest BCUT2D eigenvalue weighted by Crippen LogP contribution is -2.48. The Kier molecular flexibility index (Phi) is 5.28. The maximum atomic E-state index is 11.4. The lowest BCUT2D eigenvalue weighted by molar-refractivity contribution is -0.129. The number of nitrogens with two attached hydrogens (primary N) is 3. The van der Waals surface area contributed by atoms with Gasteiger partial charge in [-0.1, -0.05) is 11.6 Å². The van der Waals surface area contributed by atoms with Crippen LogP contribution in [-0.2, 0) is 4.79 Å². The Labute approximate surface area is 139 Å².